The summed E-state index contributed by atoms with van der Waals surface area (Å²) < 4.78 is 10.6. The number of ether oxygens (including phenoxy) is 2. The van der Waals surface area contributed by atoms with Crippen LogP contribution in [0.3, 0.4) is 0 Å². The molecule has 1 aliphatic heterocycles. The van der Waals surface area contributed by atoms with Crippen LogP contribution >= 0.6 is 11.6 Å². The maximum absolute atomic E-state index is 12.3. The van der Waals surface area contributed by atoms with Crippen LogP contribution < -0.4 is 15.0 Å². The van der Waals surface area contributed by atoms with Crippen molar-refractivity contribution in [3.63, 3.8) is 0 Å². The number of fused-ring (bicyclic) bond motifs is 1. The van der Waals surface area contributed by atoms with Crippen molar-refractivity contribution in [2.24, 2.45) is 0 Å². The highest BCUT2D eigenvalue weighted by molar-refractivity contribution is 6.30. The predicted molar refractivity (Wildman–Crippen MR) is 108 cm³/mol. The third-order valence-electron chi connectivity index (χ3n) is 4.41. The summed E-state index contributed by atoms with van der Waals surface area (Å²) in [6.07, 6.45) is 0.152. The molecule has 0 aromatic heterocycles. The Morgan fingerprint density at radius 1 is 1.24 bits per heavy atom. The van der Waals surface area contributed by atoms with E-state index in [-0.39, 0.29) is 31.5 Å². The molecule has 3 rings (SSSR count). The average molecular weight is 417 g/mol. The van der Waals surface area contributed by atoms with E-state index in [9.17, 15) is 14.4 Å². The van der Waals surface area contributed by atoms with Gasteiger partial charge in [0.25, 0.3) is 5.91 Å². The van der Waals surface area contributed by atoms with Gasteiger partial charge in [0.1, 0.15) is 12.3 Å². The number of esters is 1. The summed E-state index contributed by atoms with van der Waals surface area (Å²) in [6, 6.07) is 13.8. The Hall–Kier alpha value is -3.06. The van der Waals surface area contributed by atoms with Crippen LogP contribution in [0.4, 0.5) is 5.69 Å². The van der Waals surface area contributed by atoms with E-state index in [0.29, 0.717) is 16.5 Å². The predicted octanol–water partition coefficient (Wildman–Crippen LogP) is 2.88. The van der Waals surface area contributed by atoms with Gasteiger partial charge < -0.3 is 14.8 Å². The third-order valence-corrected chi connectivity index (χ3v) is 4.64. The minimum Gasteiger partial charge on any atom is -0.491 e. The number of amides is 2. The maximum Gasteiger partial charge on any atom is 0.326 e. The summed E-state index contributed by atoms with van der Waals surface area (Å²) in [4.78, 5) is 38.0. The molecule has 29 heavy (non-hydrogen) atoms. The van der Waals surface area contributed by atoms with E-state index in [1.165, 1.54) is 4.90 Å². The number of benzene rings is 2. The van der Waals surface area contributed by atoms with E-state index in [1.807, 2.05) is 6.07 Å². The second-order valence-corrected chi connectivity index (χ2v) is 6.99. The molecule has 0 saturated carbocycles. The Morgan fingerprint density at radius 3 is 2.83 bits per heavy atom. The normalized spacial score (nSPS) is 14.3. The number of nitrogens with zero attached hydrogens (tertiary/aromatic N) is 1. The fourth-order valence-corrected chi connectivity index (χ4v) is 3.16. The van der Waals surface area contributed by atoms with Crippen molar-refractivity contribution in [1.29, 1.82) is 0 Å². The fraction of sp³-hybridized carbons (Fsp3) is 0.286. The number of halogens is 1. The van der Waals surface area contributed by atoms with Gasteiger partial charge in [0.2, 0.25) is 5.91 Å². The van der Waals surface area contributed by atoms with Gasteiger partial charge in [0.05, 0.1) is 24.8 Å². The smallest absolute Gasteiger partial charge is 0.326 e. The topological polar surface area (TPSA) is 84.9 Å². The molecular formula is C21H21ClN2O5. The van der Waals surface area contributed by atoms with Crippen molar-refractivity contribution in [3.8, 4) is 5.75 Å². The Morgan fingerprint density at radius 2 is 2.03 bits per heavy atom. The lowest BCUT2D eigenvalue weighted by Crippen LogP contribution is -2.38. The van der Waals surface area contributed by atoms with E-state index < -0.39 is 18.5 Å². The van der Waals surface area contributed by atoms with Gasteiger partial charge in [0.15, 0.2) is 6.61 Å². The zero-order valence-corrected chi connectivity index (χ0v) is 16.6. The third kappa shape index (κ3) is 5.48. The minimum atomic E-state index is -0.680. The van der Waals surface area contributed by atoms with Crippen molar-refractivity contribution in [1.82, 2.24) is 5.32 Å². The summed E-state index contributed by atoms with van der Waals surface area (Å²) in [7, 11) is 0. The number of rotatable bonds is 6. The first-order chi connectivity index (χ1) is 13.9. The van der Waals surface area contributed by atoms with Crippen LogP contribution in [0.25, 0.3) is 0 Å². The van der Waals surface area contributed by atoms with Gasteiger partial charge in [-0.2, -0.15) is 0 Å². The molecule has 1 N–H and O–H groups in total. The molecule has 2 aromatic rings. The molecule has 2 amide bonds. The fourth-order valence-electron chi connectivity index (χ4n) is 2.96. The number of carbonyl (C=O) groups is 3. The van der Waals surface area contributed by atoms with Crippen molar-refractivity contribution >= 4 is 35.1 Å². The summed E-state index contributed by atoms with van der Waals surface area (Å²) in [6.45, 7) is 1.31. The second kappa shape index (κ2) is 9.43. The van der Waals surface area contributed by atoms with E-state index in [1.54, 1.807) is 49.4 Å². The summed E-state index contributed by atoms with van der Waals surface area (Å²) >= 11 is 5.96. The highest BCUT2D eigenvalue weighted by Gasteiger charge is 2.26. The van der Waals surface area contributed by atoms with E-state index in [2.05, 4.69) is 5.32 Å². The molecule has 1 aliphatic rings. The van der Waals surface area contributed by atoms with Crippen LogP contribution in [0.1, 0.15) is 24.9 Å². The van der Waals surface area contributed by atoms with Crippen LogP contribution in [-0.2, 0) is 19.1 Å². The molecule has 0 fully saturated rings. The molecule has 0 unspecified atom stereocenters. The van der Waals surface area contributed by atoms with Crippen LogP contribution in [0.2, 0.25) is 5.02 Å². The van der Waals surface area contributed by atoms with E-state index in [4.69, 9.17) is 21.1 Å². The van der Waals surface area contributed by atoms with Gasteiger partial charge in [-0.3, -0.25) is 19.3 Å². The Kier molecular flexibility index (Phi) is 6.72. The number of anilines is 1. The summed E-state index contributed by atoms with van der Waals surface area (Å²) in [5.74, 6) is -0.845. The molecule has 0 aliphatic carbocycles. The molecular weight excluding hydrogens is 396 g/mol. The molecule has 8 heteroatoms. The van der Waals surface area contributed by atoms with Crippen molar-refractivity contribution in [2.75, 3.05) is 24.7 Å². The Bertz CT molecular complexity index is 917. The van der Waals surface area contributed by atoms with Crippen LogP contribution in [0.15, 0.2) is 48.5 Å². The van der Waals surface area contributed by atoms with Gasteiger partial charge in [-0.25, -0.2) is 0 Å². The number of carbonyl (C=O) groups excluding carboxylic acids is 3. The standard InChI is InChI=1S/C21H21ClN2O5/c1-14(15-5-4-6-16(22)11-15)23-19(25)13-29-21(27)12-24-17-7-2-3-8-18(17)28-10-9-20(24)26/h2-8,11,14H,9-10,12-13H2,1H3,(H,23,25)/t14-/m1/s1. The first kappa shape index (κ1) is 20.7. The first-order valence-corrected chi connectivity index (χ1v) is 9.54. The van der Waals surface area contributed by atoms with Crippen molar-refractivity contribution < 1.29 is 23.9 Å². The number of nitrogens with one attached hydrogen (secondary N) is 1. The zero-order valence-electron chi connectivity index (χ0n) is 15.9. The van der Waals surface area contributed by atoms with Gasteiger partial charge in [-0.15, -0.1) is 0 Å². The largest absolute Gasteiger partial charge is 0.491 e. The van der Waals surface area contributed by atoms with Crippen molar-refractivity contribution in [3.05, 3.63) is 59.1 Å². The quantitative estimate of drug-likeness (QED) is 0.732. The minimum absolute atomic E-state index is 0.152. The molecule has 0 bridgehead atoms. The number of hydrogen-bond donors (Lipinski definition) is 1. The summed E-state index contributed by atoms with van der Waals surface area (Å²) in [5, 5.41) is 3.31. The van der Waals surface area contributed by atoms with Crippen LogP contribution in [-0.4, -0.2) is 37.5 Å². The SMILES string of the molecule is C[C@@H](NC(=O)COC(=O)CN1C(=O)CCOc2ccccc21)c1cccc(Cl)c1. The molecule has 0 saturated heterocycles. The molecule has 7 nitrogen and oxygen atoms in total. The van der Waals surface area contributed by atoms with Gasteiger partial charge in [-0.05, 0) is 36.8 Å². The molecule has 152 valence electrons. The summed E-state index contributed by atoms with van der Waals surface area (Å²) in [5.41, 5.74) is 1.34. The van der Waals surface area contributed by atoms with E-state index >= 15 is 0 Å². The van der Waals surface area contributed by atoms with Gasteiger partial charge >= 0.3 is 5.97 Å². The van der Waals surface area contributed by atoms with Crippen LogP contribution in [0, 0.1) is 0 Å². The molecule has 0 radical (unpaired) electrons. The Balaban J connectivity index is 1.54. The van der Waals surface area contributed by atoms with Gasteiger partial charge in [-0.1, -0.05) is 35.9 Å². The second-order valence-electron chi connectivity index (χ2n) is 6.55. The number of hydrogen-bond acceptors (Lipinski definition) is 5. The Labute approximate surface area is 173 Å². The molecule has 1 atom stereocenters. The molecule has 1 heterocycles. The first-order valence-electron chi connectivity index (χ1n) is 9.16. The molecule has 0 spiro atoms. The molecule has 2 aromatic carbocycles. The zero-order chi connectivity index (χ0) is 20.8. The number of para-hydroxylation sites is 2. The van der Waals surface area contributed by atoms with Gasteiger partial charge in [0, 0.05) is 5.02 Å². The lowest BCUT2D eigenvalue weighted by molar-refractivity contribution is -0.147. The lowest BCUT2D eigenvalue weighted by Gasteiger charge is -2.21. The van der Waals surface area contributed by atoms with Crippen molar-refractivity contribution in [2.45, 2.75) is 19.4 Å². The van der Waals surface area contributed by atoms with Crippen LogP contribution in [0.5, 0.6) is 5.75 Å². The van der Waals surface area contributed by atoms with E-state index in [0.717, 1.165) is 5.56 Å². The highest BCUT2D eigenvalue weighted by Crippen LogP contribution is 2.30. The monoisotopic (exact) mass is 416 g/mol. The average Bonchev–Trinajstić information content (AvgIpc) is 2.85. The maximum atomic E-state index is 12.3. The lowest BCUT2D eigenvalue weighted by atomic mass is 10.1. The highest BCUT2D eigenvalue weighted by atomic mass is 35.5.